The van der Waals surface area contributed by atoms with E-state index in [0.29, 0.717) is 17.8 Å². The molecule has 1 aromatic heterocycles. The maximum atomic E-state index is 13.0. The van der Waals surface area contributed by atoms with E-state index in [-0.39, 0.29) is 17.8 Å². The predicted octanol–water partition coefficient (Wildman–Crippen LogP) is 4.68. The Hall–Kier alpha value is -3.41. The van der Waals surface area contributed by atoms with Crippen LogP contribution in [0.25, 0.3) is 0 Å². The molecule has 3 rings (SSSR count). The van der Waals surface area contributed by atoms with Crippen LogP contribution in [0.2, 0.25) is 0 Å². The van der Waals surface area contributed by atoms with Gasteiger partial charge < -0.3 is 15.4 Å². The van der Waals surface area contributed by atoms with Crippen LogP contribution in [-0.4, -0.2) is 17.0 Å². The lowest BCUT2D eigenvalue weighted by molar-refractivity contribution is 0.0950. The highest BCUT2D eigenvalue weighted by molar-refractivity contribution is 5.94. The van der Waals surface area contributed by atoms with Gasteiger partial charge in [0.15, 0.2) is 0 Å². The number of nitrogens with zero attached hydrogens (tertiary/aromatic N) is 1. The Kier molecular flexibility index (Phi) is 6.22. The van der Waals surface area contributed by atoms with Crippen molar-refractivity contribution in [1.82, 2.24) is 10.3 Å². The van der Waals surface area contributed by atoms with E-state index in [9.17, 15) is 9.18 Å². The topological polar surface area (TPSA) is 63.2 Å². The largest absolute Gasteiger partial charge is 0.489 e. The standard InChI is InChI=1S/C22H22FN3O2/c1-15(2)28-21-6-4-3-5-20(21)26-19-11-17(13-24-14-19)22(27)25-12-16-7-9-18(23)10-8-16/h3-11,13-15,26H,12H2,1-2H3,(H,25,27). The second-order valence-electron chi connectivity index (χ2n) is 6.56. The Bertz CT molecular complexity index is 943. The molecule has 3 aromatic rings. The Morgan fingerprint density at radius 3 is 2.61 bits per heavy atom. The smallest absolute Gasteiger partial charge is 0.253 e. The van der Waals surface area contributed by atoms with Gasteiger partial charge in [-0.15, -0.1) is 0 Å². The molecular weight excluding hydrogens is 357 g/mol. The fourth-order valence-corrected chi connectivity index (χ4v) is 2.60. The summed E-state index contributed by atoms with van der Waals surface area (Å²) in [7, 11) is 0. The molecule has 0 atom stereocenters. The first-order valence-electron chi connectivity index (χ1n) is 9.01. The summed E-state index contributed by atoms with van der Waals surface area (Å²) in [6, 6.07) is 15.3. The van der Waals surface area contributed by atoms with Crippen molar-refractivity contribution >= 4 is 17.3 Å². The first-order valence-corrected chi connectivity index (χ1v) is 9.01. The molecule has 1 amide bonds. The van der Waals surface area contributed by atoms with Crippen LogP contribution in [-0.2, 0) is 6.54 Å². The molecule has 5 nitrogen and oxygen atoms in total. The van der Waals surface area contributed by atoms with Crippen molar-refractivity contribution in [1.29, 1.82) is 0 Å². The SMILES string of the molecule is CC(C)Oc1ccccc1Nc1cncc(C(=O)NCc2ccc(F)cc2)c1. The summed E-state index contributed by atoms with van der Waals surface area (Å²) in [6.07, 6.45) is 3.19. The zero-order valence-corrected chi connectivity index (χ0v) is 15.8. The molecule has 0 aliphatic rings. The number of anilines is 2. The van der Waals surface area contributed by atoms with Crippen molar-refractivity contribution in [2.45, 2.75) is 26.5 Å². The number of pyridine rings is 1. The number of nitrogens with one attached hydrogen (secondary N) is 2. The van der Waals surface area contributed by atoms with E-state index in [0.717, 1.165) is 17.0 Å². The fourth-order valence-electron chi connectivity index (χ4n) is 2.60. The number of ether oxygens (including phenoxy) is 1. The van der Waals surface area contributed by atoms with Crippen LogP contribution in [0, 0.1) is 5.82 Å². The summed E-state index contributed by atoms with van der Waals surface area (Å²) in [5.74, 6) is 0.163. The van der Waals surface area contributed by atoms with Crippen molar-refractivity contribution in [2.75, 3.05) is 5.32 Å². The number of amides is 1. The molecule has 2 N–H and O–H groups in total. The van der Waals surface area contributed by atoms with Gasteiger partial charge in [-0.2, -0.15) is 0 Å². The van der Waals surface area contributed by atoms with E-state index in [2.05, 4.69) is 15.6 Å². The van der Waals surface area contributed by atoms with E-state index < -0.39 is 0 Å². The molecule has 1 heterocycles. The van der Waals surface area contributed by atoms with Gasteiger partial charge in [0.25, 0.3) is 5.91 Å². The zero-order valence-electron chi connectivity index (χ0n) is 15.8. The highest BCUT2D eigenvalue weighted by Crippen LogP contribution is 2.28. The molecule has 2 aromatic carbocycles. The zero-order chi connectivity index (χ0) is 19.9. The lowest BCUT2D eigenvalue weighted by Gasteiger charge is -2.15. The van der Waals surface area contributed by atoms with Gasteiger partial charge in [-0.25, -0.2) is 4.39 Å². The summed E-state index contributed by atoms with van der Waals surface area (Å²) in [4.78, 5) is 16.6. The second kappa shape index (κ2) is 8.99. The molecule has 0 radical (unpaired) electrons. The lowest BCUT2D eigenvalue weighted by atomic mass is 10.2. The number of para-hydroxylation sites is 2. The minimum absolute atomic E-state index is 0.0460. The molecule has 28 heavy (non-hydrogen) atoms. The summed E-state index contributed by atoms with van der Waals surface area (Å²) in [6.45, 7) is 4.23. The molecule has 0 aliphatic carbocycles. The maximum Gasteiger partial charge on any atom is 0.253 e. The number of carbonyl (C=O) groups excluding carboxylic acids is 1. The normalized spacial score (nSPS) is 10.6. The van der Waals surface area contributed by atoms with Gasteiger partial charge in [0.05, 0.1) is 29.2 Å². The molecule has 0 bridgehead atoms. The quantitative estimate of drug-likeness (QED) is 0.626. The summed E-state index contributed by atoms with van der Waals surface area (Å²) < 4.78 is 18.8. The Labute approximate surface area is 163 Å². The molecular formula is C22H22FN3O2. The first kappa shape index (κ1) is 19.4. The van der Waals surface area contributed by atoms with Crippen LogP contribution < -0.4 is 15.4 Å². The van der Waals surface area contributed by atoms with Crippen molar-refractivity contribution in [3.63, 3.8) is 0 Å². The lowest BCUT2D eigenvalue weighted by Crippen LogP contribution is -2.23. The second-order valence-corrected chi connectivity index (χ2v) is 6.56. The average molecular weight is 379 g/mol. The molecule has 0 aliphatic heterocycles. The van der Waals surface area contributed by atoms with E-state index in [1.807, 2.05) is 38.1 Å². The molecule has 0 spiro atoms. The number of carbonyl (C=O) groups is 1. The molecule has 0 unspecified atom stereocenters. The van der Waals surface area contributed by atoms with Gasteiger partial charge in [0, 0.05) is 12.7 Å². The van der Waals surface area contributed by atoms with Gasteiger partial charge in [0.1, 0.15) is 11.6 Å². The van der Waals surface area contributed by atoms with Crippen LogP contribution in [0.1, 0.15) is 29.8 Å². The third kappa shape index (κ3) is 5.30. The van der Waals surface area contributed by atoms with Crippen LogP contribution in [0.4, 0.5) is 15.8 Å². The number of benzene rings is 2. The molecule has 0 saturated carbocycles. The van der Waals surface area contributed by atoms with Gasteiger partial charge in [-0.1, -0.05) is 24.3 Å². The highest BCUT2D eigenvalue weighted by Gasteiger charge is 2.09. The van der Waals surface area contributed by atoms with Crippen LogP contribution >= 0.6 is 0 Å². The van der Waals surface area contributed by atoms with Gasteiger partial charge in [-0.3, -0.25) is 9.78 Å². The van der Waals surface area contributed by atoms with E-state index in [1.54, 1.807) is 24.4 Å². The highest BCUT2D eigenvalue weighted by atomic mass is 19.1. The Morgan fingerprint density at radius 2 is 1.86 bits per heavy atom. The number of rotatable bonds is 7. The Morgan fingerprint density at radius 1 is 1.11 bits per heavy atom. The molecule has 144 valence electrons. The van der Waals surface area contributed by atoms with Crippen molar-refractivity contribution in [2.24, 2.45) is 0 Å². The monoisotopic (exact) mass is 379 g/mol. The number of hydrogen-bond acceptors (Lipinski definition) is 4. The van der Waals surface area contributed by atoms with Crippen molar-refractivity contribution in [3.05, 3.63) is 83.9 Å². The number of aromatic nitrogens is 1. The Balaban J connectivity index is 1.68. The van der Waals surface area contributed by atoms with Gasteiger partial charge >= 0.3 is 0 Å². The predicted molar refractivity (Wildman–Crippen MR) is 107 cm³/mol. The average Bonchev–Trinajstić information content (AvgIpc) is 2.69. The van der Waals surface area contributed by atoms with E-state index >= 15 is 0 Å². The van der Waals surface area contributed by atoms with Gasteiger partial charge in [-0.05, 0) is 49.7 Å². The summed E-state index contributed by atoms with van der Waals surface area (Å²) in [5, 5.41) is 6.05. The van der Waals surface area contributed by atoms with E-state index in [4.69, 9.17) is 4.74 Å². The fraction of sp³-hybridized carbons (Fsp3) is 0.182. The summed E-state index contributed by atoms with van der Waals surface area (Å²) in [5.41, 5.74) is 2.71. The first-order chi connectivity index (χ1) is 13.5. The minimum Gasteiger partial charge on any atom is -0.489 e. The maximum absolute atomic E-state index is 13.0. The molecule has 6 heteroatoms. The van der Waals surface area contributed by atoms with E-state index in [1.165, 1.54) is 18.3 Å². The van der Waals surface area contributed by atoms with Gasteiger partial charge in [0.2, 0.25) is 0 Å². The van der Waals surface area contributed by atoms with Crippen LogP contribution in [0.15, 0.2) is 67.0 Å². The summed E-state index contributed by atoms with van der Waals surface area (Å²) >= 11 is 0. The minimum atomic E-state index is -0.306. The molecule has 0 saturated heterocycles. The van der Waals surface area contributed by atoms with Crippen molar-refractivity contribution in [3.8, 4) is 5.75 Å². The van der Waals surface area contributed by atoms with Crippen molar-refractivity contribution < 1.29 is 13.9 Å². The number of hydrogen-bond donors (Lipinski definition) is 2. The molecule has 0 fully saturated rings. The van der Waals surface area contributed by atoms with Crippen LogP contribution in [0.3, 0.4) is 0 Å². The van der Waals surface area contributed by atoms with Crippen LogP contribution in [0.5, 0.6) is 5.75 Å². The third-order valence-corrected chi connectivity index (χ3v) is 3.90. The number of halogens is 1. The third-order valence-electron chi connectivity index (χ3n) is 3.90.